The van der Waals surface area contributed by atoms with Gasteiger partial charge in [-0.2, -0.15) is 0 Å². The summed E-state index contributed by atoms with van der Waals surface area (Å²) >= 11 is 0. The van der Waals surface area contributed by atoms with Crippen molar-refractivity contribution in [1.82, 2.24) is 9.80 Å². The van der Waals surface area contributed by atoms with E-state index in [0.29, 0.717) is 44.1 Å². The largest absolute Gasteiger partial charge is 0.378 e. The third-order valence-electron chi connectivity index (χ3n) is 3.15. The molecule has 114 valence electrons. The van der Waals surface area contributed by atoms with Crippen molar-refractivity contribution in [1.29, 1.82) is 0 Å². The zero-order valence-electron chi connectivity index (χ0n) is 12.5. The van der Waals surface area contributed by atoms with Crippen LogP contribution < -0.4 is 5.32 Å². The Morgan fingerprint density at radius 3 is 2.67 bits per heavy atom. The number of carbonyl (C=O) groups is 2. The quantitative estimate of drug-likeness (QED) is 0.885. The van der Waals surface area contributed by atoms with E-state index in [1.807, 2.05) is 14.1 Å². The molecule has 6 nitrogen and oxygen atoms in total. The van der Waals surface area contributed by atoms with Crippen LogP contribution in [0.25, 0.3) is 0 Å². The Morgan fingerprint density at radius 2 is 2.00 bits per heavy atom. The van der Waals surface area contributed by atoms with Crippen molar-refractivity contribution in [2.45, 2.75) is 0 Å². The van der Waals surface area contributed by atoms with Crippen LogP contribution in [0.3, 0.4) is 0 Å². The standard InChI is InChI=1S/C15H21N3O3/c1-17(2)11-14(19)16-13-5-3-4-12(10-13)15(20)18-6-8-21-9-7-18/h3-5,10H,6-9,11H2,1-2H3,(H,16,19). The Balaban J connectivity index is 2.03. The maximum atomic E-state index is 12.4. The lowest BCUT2D eigenvalue weighted by Gasteiger charge is -2.27. The Hall–Kier alpha value is -1.92. The van der Waals surface area contributed by atoms with Gasteiger partial charge in [-0.15, -0.1) is 0 Å². The van der Waals surface area contributed by atoms with Crippen LogP contribution in [0.4, 0.5) is 5.69 Å². The minimum absolute atomic E-state index is 0.0259. The number of benzene rings is 1. The number of nitrogens with one attached hydrogen (secondary N) is 1. The van der Waals surface area contributed by atoms with Gasteiger partial charge in [0.05, 0.1) is 19.8 Å². The third kappa shape index (κ3) is 4.54. The van der Waals surface area contributed by atoms with Crippen molar-refractivity contribution in [3.8, 4) is 0 Å². The average Bonchev–Trinajstić information content (AvgIpc) is 2.46. The SMILES string of the molecule is CN(C)CC(=O)Nc1cccc(C(=O)N2CCOCC2)c1. The summed E-state index contributed by atoms with van der Waals surface area (Å²) < 4.78 is 5.24. The minimum Gasteiger partial charge on any atom is -0.378 e. The molecule has 0 radical (unpaired) electrons. The first-order valence-electron chi connectivity index (χ1n) is 6.98. The monoisotopic (exact) mass is 291 g/mol. The molecule has 0 spiro atoms. The first-order valence-corrected chi connectivity index (χ1v) is 6.98. The summed E-state index contributed by atoms with van der Waals surface area (Å²) in [5.41, 5.74) is 1.22. The smallest absolute Gasteiger partial charge is 0.254 e. The van der Waals surface area contributed by atoms with Crippen molar-refractivity contribution in [2.24, 2.45) is 0 Å². The molecule has 0 aliphatic carbocycles. The Labute approximate surface area is 124 Å². The Bertz CT molecular complexity index is 511. The lowest BCUT2D eigenvalue weighted by molar-refractivity contribution is -0.116. The van der Waals surface area contributed by atoms with Crippen molar-refractivity contribution >= 4 is 17.5 Å². The maximum Gasteiger partial charge on any atom is 0.254 e. The van der Waals surface area contributed by atoms with Gasteiger partial charge in [-0.25, -0.2) is 0 Å². The molecule has 6 heteroatoms. The van der Waals surface area contributed by atoms with E-state index < -0.39 is 0 Å². The summed E-state index contributed by atoms with van der Waals surface area (Å²) in [5, 5.41) is 2.80. The number of anilines is 1. The summed E-state index contributed by atoms with van der Waals surface area (Å²) in [4.78, 5) is 27.7. The fourth-order valence-corrected chi connectivity index (χ4v) is 2.17. The van der Waals surface area contributed by atoms with Gasteiger partial charge in [0.25, 0.3) is 5.91 Å². The van der Waals surface area contributed by atoms with Crippen molar-refractivity contribution in [3.05, 3.63) is 29.8 Å². The molecule has 2 amide bonds. The average molecular weight is 291 g/mol. The number of morpholine rings is 1. The van der Waals surface area contributed by atoms with E-state index in [-0.39, 0.29) is 11.8 Å². The van der Waals surface area contributed by atoms with E-state index in [0.717, 1.165) is 0 Å². The van der Waals surface area contributed by atoms with E-state index in [4.69, 9.17) is 4.74 Å². The lowest BCUT2D eigenvalue weighted by atomic mass is 10.1. The van der Waals surface area contributed by atoms with E-state index >= 15 is 0 Å². The highest BCUT2D eigenvalue weighted by atomic mass is 16.5. The molecule has 21 heavy (non-hydrogen) atoms. The number of ether oxygens (including phenoxy) is 1. The number of hydrogen-bond donors (Lipinski definition) is 1. The molecule has 1 aliphatic heterocycles. The van der Waals surface area contributed by atoms with Crippen LogP contribution in [0.1, 0.15) is 10.4 Å². The molecular weight excluding hydrogens is 270 g/mol. The van der Waals surface area contributed by atoms with Gasteiger partial charge in [-0.05, 0) is 32.3 Å². The zero-order chi connectivity index (χ0) is 15.2. The number of carbonyl (C=O) groups excluding carboxylic acids is 2. The number of rotatable bonds is 4. The van der Waals surface area contributed by atoms with E-state index in [1.54, 1.807) is 34.1 Å². The minimum atomic E-state index is -0.101. The predicted octanol–water partition coefficient (Wildman–Crippen LogP) is 0.659. The second kappa shape index (κ2) is 7.19. The maximum absolute atomic E-state index is 12.4. The van der Waals surface area contributed by atoms with Crippen molar-refractivity contribution in [2.75, 3.05) is 52.3 Å². The zero-order valence-corrected chi connectivity index (χ0v) is 12.5. The van der Waals surface area contributed by atoms with Gasteiger partial charge in [0, 0.05) is 24.3 Å². The van der Waals surface area contributed by atoms with Gasteiger partial charge in [-0.3, -0.25) is 9.59 Å². The molecular formula is C15H21N3O3. The van der Waals surface area contributed by atoms with Crippen LogP contribution in [-0.4, -0.2) is 68.6 Å². The van der Waals surface area contributed by atoms with E-state index in [1.165, 1.54) is 0 Å². The summed E-state index contributed by atoms with van der Waals surface area (Å²) in [6, 6.07) is 7.04. The van der Waals surface area contributed by atoms with Gasteiger partial charge in [-0.1, -0.05) is 6.07 Å². The van der Waals surface area contributed by atoms with Crippen molar-refractivity contribution in [3.63, 3.8) is 0 Å². The van der Waals surface area contributed by atoms with Gasteiger partial charge in [0.2, 0.25) is 5.91 Å². The first kappa shape index (κ1) is 15.5. The number of hydrogen-bond acceptors (Lipinski definition) is 4. The molecule has 0 saturated carbocycles. The molecule has 0 aromatic heterocycles. The van der Waals surface area contributed by atoms with Gasteiger partial charge in [0.1, 0.15) is 0 Å². The molecule has 0 atom stereocenters. The summed E-state index contributed by atoms with van der Waals surface area (Å²) in [5.74, 6) is -0.127. The van der Waals surface area contributed by atoms with Gasteiger partial charge < -0.3 is 19.9 Å². The molecule has 1 fully saturated rings. The first-order chi connectivity index (χ1) is 10.1. The highest BCUT2D eigenvalue weighted by Crippen LogP contribution is 2.13. The Morgan fingerprint density at radius 1 is 1.29 bits per heavy atom. The van der Waals surface area contributed by atoms with Gasteiger partial charge in [0.15, 0.2) is 0 Å². The second-order valence-corrected chi connectivity index (χ2v) is 5.27. The lowest BCUT2D eigenvalue weighted by Crippen LogP contribution is -2.40. The van der Waals surface area contributed by atoms with E-state index in [2.05, 4.69) is 5.32 Å². The fourth-order valence-electron chi connectivity index (χ4n) is 2.17. The van der Waals surface area contributed by atoms with Crippen LogP contribution in [-0.2, 0) is 9.53 Å². The summed E-state index contributed by atoms with van der Waals surface area (Å²) in [6.45, 7) is 2.67. The normalized spacial score (nSPS) is 15.1. The predicted molar refractivity (Wildman–Crippen MR) is 80.3 cm³/mol. The molecule has 1 saturated heterocycles. The molecule has 1 N–H and O–H groups in total. The molecule has 0 unspecified atom stereocenters. The van der Waals surface area contributed by atoms with Crippen LogP contribution in [0.15, 0.2) is 24.3 Å². The van der Waals surface area contributed by atoms with Crippen LogP contribution in [0.2, 0.25) is 0 Å². The molecule has 1 aromatic carbocycles. The van der Waals surface area contributed by atoms with Gasteiger partial charge >= 0.3 is 0 Å². The molecule has 0 bridgehead atoms. The highest BCUT2D eigenvalue weighted by molar-refractivity contribution is 5.97. The van der Waals surface area contributed by atoms with Crippen molar-refractivity contribution < 1.29 is 14.3 Å². The summed E-state index contributed by atoms with van der Waals surface area (Å²) in [7, 11) is 3.66. The molecule has 1 aliphatic rings. The number of amides is 2. The summed E-state index contributed by atoms with van der Waals surface area (Å²) in [6.07, 6.45) is 0. The fraction of sp³-hybridized carbons (Fsp3) is 0.467. The molecule has 1 heterocycles. The molecule has 1 aromatic rings. The number of nitrogens with zero attached hydrogens (tertiary/aromatic N) is 2. The topological polar surface area (TPSA) is 61.9 Å². The van der Waals surface area contributed by atoms with E-state index in [9.17, 15) is 9.59 Å². The number of likely N-dealkylation sites (N-methyl/N-ethyl adjacent to an activating group) is 1. The second-order valence-electron chi connectivity index (χ2n) is 5.27. The van der Waals surface area contributed by atoms with Crippen LogP contribution in [0.5, 0.6) is 0 Å². The third-order valence-corrected chi connectivity index (χ3v) is 3.15. The molecule has 2 rings (SSSR count). The Kier molecular flexibility index (Phi) is 5.30. The van der Waals surface area contributed by atoms with Crippen LogP contribution in [0, 0.1) is 0 Å². The van der Waals surface area contributed by atoms with Crippen LogP contribution >= 0.6 is 0 Å². The highest BCUT2D eigenvalue weighted by Gasteiger charge is 2.18.